The van der Waals surface area contributed by atoms with E-state index >= 15 is 0 Å². The van der Waals surface area contributed by atoms with Gasteiger partial charge in [0, 0.05) is 31.5 Å². The minimum Gasteiger partial charge on any atom is -0.351 e. The number of carbonyl (C=O) groups excluding carboxylic acids is 1. The first-order valence-electron chi connectivity index (χ1n) is 6.16. The Kier molecular flexibility index (Phi) is 4.09. The minimum atomic E-state index is -0.130. The lowest BCUT2D eigenvalue weighted by Crippen LogP contribution is -2.31. The molecule has 2 N–H and O–H groups in total. The number of anilines is 1. The van der Waals surface area contributed by atoms with Crippen molar-refractivity contribution in [2.45, 2.75) is 18.9 Å². The molecule has 0 aromatic carbocycles. The summed E-state index contributed by atoms with van der Waals surface area (Å²) in [5.41, 5.74) is 0.495. The molecule has 2 rings (SSSR count). The van der Waals surface area contributed by atoms with Crippen molar-refractivity contribution >= 4 is 11.9 Å². The van der Waals surface area contributed by atoms with Crippen molar-refractivity contribution in [1.29, 1.82) is 0 Å². The third-order valence-electron chi connectivity index (χ3n) is 2.67. The van der Waals surface area contributed by atoms with Crippen LogP contribution in [0.15, 0.2) is 12.4 Å². The van der Waals surface area contributed by atoms with Crippen molar-refractivity contribution in [3.8, 4) is 0 Å². The van der Waals surface area contributed by atoms with Gasteiger partial charge < -0.3 is 15.5 Å². The van der Waals surface area contributed by atoms with E-state index in [0.29, 0.717) is 24.1 Å². The number of aromatic nitrogens is 2. The van der Waals surface area contributed by atoms with Gasteiger partial charge in [0.25, 0.3) is 5.91 Å². The lowest BCUT2D eigenvalue weighted by atomic mass is 10.3. The number of likely N-dealkylation sites (N-methyl/N-ethyl adjacent to an activating group) is 1. The molecule has 0 atom stereocenters. The molecule has 1 aliphatic rings. The monoisotopic (exact) mass is 249 g/mol. The summed E-state index contributed by atoms with van der Waals surface area (Å²) in [7, 11) is 3.93. The van der Waals surface area contributed by atoms with Crippen molar-refractivity contribution in [3.05, 3.63) is 18.0 Å². The molecule has 0 saturated heterocycles. The summed E-state index contributed by atoms with van der Waals surface area (Å²) in [6.45, 7) is 1.43. The molecule has 1 aromatic rings. The topological polar surface area (TPSA) is 70.2 Å². The standard InChI is InChI=1S/C12H19N5O/c1-17(2)6-5-13-11(18)9-7-14-12(15-8-9)16-10-3-4-10/h7-8,10H,3-6H2,1-2H3,(H,13,18)(H,14,15,16). The van der Waals surface area contributed by atoms with Crippen LogP contribution in [0.4, 0.5) is 5.95 Å². The fourth-order valence-corrected chi connectivity index (χ4v) is 1.43. The summed E-state index contributed by atoms with van der Waals surface area (Å²) in [6, 6.07) is 0.518. The maximum Gasteiger partial charge on any atom is 0.254 e. The molecule has 18 heavy (non-hydrogen) atoms. The van der Waals surface area contributed by atoms with Gasteiger partial charge in [0.1, 0.15) is 0 Å². The molecule has 1 aliphatic carbocycles. The van der Waals surface area contributed by atoms with Gasteiger partial charge in [-0.25, -0.2) is 9.97 Å². The van der Waals surface area contributed by atoms with Crippen LogP contribution >= 0.6 is 0 Å². The molecule has 0 unspecified atom stereocenters. The Morgan fingerprint density at radius 3 is 2.61 bits per heavy atom. The van der Waals surface area contributed by atoms with E-state index in [9.17, 15) is 4.79 Å². The van der Waals surface area contributed by atoms with E-state index in [1.54, 1.807) is 12.4 Å². The van der Waals surface area contributed by atoms with E-state index in [0.717, 1.165) is 6.54 Å². The zero-order chi connectivity index (χ0) is 13.0. The third-order valence-corrected chi connectivity index (χ3v) is 2.67. The highest BCUT2D eigenvalue weighted by atomic mass is 16.1. The summed E-state index contributed by atoms with van der Waals surface area (Å²) >= 11 is 0. The minimum absolute atomic E-state index is 0.130. The Balaban J connectivity index is 1.81. The Labute approximate surface area is 107 Å². The predicted octanol–water partition coefficient (Wildman–Crippen LogP) is 0.342. The third kappa shape index (κ3) is 3.96. The average Bonchev–Trinajstić information content (AvgIpc) is 3.13. The van der Waals surface area contributed by atoms with Gasteiger partial charge in [0.15, 0.2) is 0 Å². The second-order valence-electron chi connectivity index (χ2n) is 4.77. The predicted molar refractivity (Wildman–Crippen MR) is 69.6 cm³/mol. The summed E-state index contributed by atoms with van der Waals surface area (Å²) in [6.07, 6.45) is 5.47. The summed E-state index contributed by atoms with van der Waals surface area (Å²) < 4.78 is 0. The summed E-state index contributed by atoms with van der Waals surface area (Å²) in [5.74, 6) is 0.470. The highest BCUT2D eigenvalue weighted by Gasteiger charge is 2.21. The number of hydrogen-bond acceptors (Lipinski definition) is 5. The normalized spacial score (nSPS) is 14.6. The molecule has 0 spiro atoms. The molecule has 0 radical (unpaired) electrons. The molecule has 0 bridgehead atoms. The highest BCUT2D eigenvalue weighted by molar-refractivity contribution is 5.93. The Morgan fingerprint density at radius 1 is 1.39 bits per heavy atom. The van der Waals surface area contributed by atoms with Crippen LogP contribution in [0.5, 0.6) is 0 Å². The highest BCUT2D eigenvalue weighted by Crippen LogP contribution is 2.22. The van der Waals surface area contributed by atoms with E-state index in [1.165, 1.54) is 12.8 Å². The maximum atomic E-state index is 11.7. The second-order valence-corrected chi connectivity index (χ2v) is 4.77. The largest absolute Gasteiger partial charge is 0.351 e. The van der Waals surface area contributed by atoms with Crippen LogP contribution in [0.3, 0.4) is 0 Å². The van der Waals surface area contributed by atoms with E-state index < -0.39 is 0 Å². The van der Waals surface area contributed by atoms with Gasteiger partial charge >= 0.3 is 0 Å². The molecule has 1 fully saturated rings. The van der Waals surface area contributed by atoms with Crippen molar-refractivity contribution in [2.24, 2.45) is 0 Å². The summed E-state index contributed by atoms with van der Waals surface area (Å²) in [4.78, 5) is 22.0. The molecule has 1 heterocycles. The number of amides is 1. The quantitative estimate of drug-likeness (QED) is 0.761. The number of nitrogens with one attached hydrogen (secondary N) is 2. The van der Waals surface area contributed by atoms with Crippen LogP contribution in [0.1, 0.15) is 23.2 Å². The first-order chi connectivity index (χ1) is 8.65. The molecule has 1 saturated carbocycles. The van der Waals surface area contributed by atoms with Crippen LogP contribution in [0, 0.1) is 0 Å². The Hall–Kier alpha value is -1.69. The molecular formula is C12H19N5O. The second kappa shape index (κ2) is 5.77. The summed E-state index contributed by atoms with van der Waals surface area (Å²) in [5, 5.41) is 6.00. The lowest BCUT2D eigenvalue weighted by molar-refractivity contribution is 0.0950. The van der Waals surface area contributed by atoms with Crippen molar-refractivity contribution in [1.82, 2.24) is 20.2 Å². The zero-order valence-corrected chi connectivity index (χ0v) is 10.8. The van der Waals surface area contributed by atoms with E-state index in [2.05, 4.69) is 20.6 Å². The molecule has 0 aliphatic heterocycles. The first kappa shape index (κ1) is 12.8. The Morgan fingerprint density at radius 2 is 2.06 bits per heavy atom. The van der Waals surface area contributed by atoms with Crippen LogP contribution in [0.2, 0.25) is 0 Å². The molecule has 6 nitrogen and oxygen atoms in total. The Bertz CT molecular complexity index is 399. The number of rotatable bonds is 6. The van der Waals surface area contributed by atoms with Gasteiger partial charge in [-0.3, -0.25) is 4.79 Å². The first-order valence-corrected chi connectivity index (χ1v) is 6.16. The van der Waals surface area contributed by atoms with Gasteiger partial charge in [-0.2, -0.15) is 0 Å². The van der Waals surface area contributed by atoms with E-state index in [1.807, 2.05) is 19.0 Å². The number of nitrogens with zero attached hydrogens (tertiary/aromatic N) is 3. The molecule has 1 amide bonds. The molecule has 1 aromatic heterocycles. The zero-order valence-electron chi connectivity index (χ0n) is 10.8. The van der Waals surface area contributed by atoms with Crippen molar-refractivity contribution in [3.63, 3.8) is 0 Å². The van der Waals surface area contributed by atoms with Gasteiger partial charge in [-0.1, -0.05) is 0 Å². The molecule has 6 heteroatoms. The van der Waals surface area contributed by atoms with Crippen LogP contribution in [0.25, 0.3) is 0 Å². The van der Waals surface area contributed by atoms with Gasteiger partial charge in [0.2, 0.25) is 5.95 Å². The lowest BCUT2D eigenvalue weighted by Gasteiger charge is -2.10. The number of carbonyl (C=O) groups is 1. The van der Waals surface area contributed by atoms with Crippen LogP contribution in [-0.2, 0) is 0 Å². The van der Waals surface area contributed by atoms with Crippen molar-refractivity contribution in [2.75, 3.05) is 32.5 Å². The van der Waals surface area contributed by atoms with E-state index in [4.69, 9.17) is 0 Å². The van der Waals surface area contributed by atoms with Crippen LogP contribution in [-0.4, -0.2) is 54.0 Å². The average molecular weight is 249 g/mol. The fraction of sp³-hybridized carbons (Fsp3) is 0.583. The maximum absolute atomic E-state index is 11.7. The fourth-order valence-electron chi connectivity index (χ4n) is 1.43. The van der Waals surface area contributed by atoms with E-state index in [-0.39, 0.29) is 5.91 Å². The van der Waals surface area contributed by atoms with Gasteiger partial charge in [0.05, 0.1) is 5.56 Å². The SMILES string of the molecule is CN(C)CCNC(=O)c1cnc(NC2CC2)nc1. The molecular weight excluding hydrogens is 230 g/mol. The van der Waals surface area contributed by atoms with Gasteiger partial charge in [-0.15, -0.1) is 0 Å². The molecule has 98 valence electrons. The van der Waals surface area contributed by atoms with Crippen LogP contribution < -0.4 is 10.6 Å². The number of hydrogen-bond donors (Lipinski definition) is 2. The van der Waals surface area contributed by atoms with Crippen molar-refractivity contribution < 1.29 is 4.79 Å². The smallest absolute Gasteiger partial charge is 0.254 e. The van der Waals surface area contributed by atoms with Gasteiger partial charge in [-0.05, 0) is 26.9 Å².